The summed E-state index contributed by atoms with van der Waals surface area (Å²) in [4.78, 5) is 12.1. The van der Waals surface area contributed by atoms with Gasteiger partial charge in [-0.05, 0) is 36.2 Å². The third-order valence-corrected chi connectivity index (χ3v) is 3.80. The Balaban J connectivity index is 1.70. The van der Waals surface area contributed by atoms with E-state index in [1.165, 1.54) is 12.1 Å². The molecular weight excluding hydrogens is 317 g/mol. The molecule has 1 N–H and O–H groups in total. The number of carbonyl (C=O) groups is 1. The zero-order valence-electron chi connectivity index (χ0n) is 13.8. The molecule has 3 aromatic carbocycles. The molecule has 25 heavy (non-hydrogen) atoms. The topological polar surface area (TPSA) is 38.3 Å². The molecule has 0 saturated carbocycles. The minimum Gasteiger partial charge on any atom is -0.483 e. The van der Waals surface area contributed by atoms with Crippen molar-refractivity contribution in [2.45, 2.75) is 6.92 Å². The summed E-state index contributed by atoms with van der Waals surface area (Å²) in [5.74, 6) is -0.104. The van der Waals surface area contributed by atoms with Crippen LogP contribution >= 0.6 is 0 Å². The number of hydrogen-bond acceptors (Lipinski definition) is 2. The number of aryl methyl sites for hydroxylation is 1. The van der Waals surface area contributed by atoms with Crippen LogP contribution in [0.1, 0.15) is 5.56 Å². The Morgan fingerprint density at radius 1 is 1.00 bits per heavy atom. The van der Waals surface area contributed by atoms with E-state index in [1.807, 2.05) is 54.6 Å². The van der Waals surface area contributed by atoms with Crippen molar-refractivity contribution >= 4 is 11.6 Å². The Bertz CT molecular complexity index is 878. The van der Waals surface area contributed by atoms with Crippen LogP contribution in [0.4, 0.5) is 10.1 Å². The van der Waals surface area contributed by atoms with E-state index in [0.717, 1.165) is 16.7 Å². The lowest BCUT2D eigenvalue weighted by Gasteiger charge is -2.12. The molecule has 4 heteroatoms. The fourth-order valence-corrected chi connectivity index (χ4v) is 2.51. The molecule has 0 heterocycles. The van der Waals surface area contributed by atoms with E-state index in [0.29, 0.717) is 11.4 Å². The van der Waals surface area contributed by atoms with Crippen LogP contribution in [-0.4, -0.2) is 12.5 Å². The summed E-state index contributed by atoms with van der Waals surface area (Å²) >= 11 is 0. The predicted molar refractivity (Wildman–Crippen MR) is 97.1 cm³/mol. The lowest BCUT2D eigenvalue weighted by atomic mass is 10.1. The highest BCUT2D eigenvalue weighted by molar-refractivity contribution is 5.92. The van der Waals surface area contributed by atoms with E-state index in [4.69, 9.17) is 4.74 Å². The first-order valence-corrected chi connectivity index (χ1v) is 7.97. The minimum atomic E-state index is -0.392. The van der Waals surface area contributed by atoms with Crippen LogP contribution in [0.15, 0.2) is 72.8 Å². The van der Waals surface area contributed by atoms with Crippen LogP contribution in [0.5, 0.6) is 5.75 Å². The van der Waals surface area contributed by atoms with Crippen molar-refractivity contribution in [3.8, 4) is 16.9 Å². The van der Waals surface area contributed by atoms with Gasteiger partial charge < -0.3 is 10.1 Å². The summed E-state index contributed by atoms with van der Waals surface area (Å²) in [6.45, 7) is 1.65. The number of anilines is 1. The molecule has 0 aliphatic carbocycles. The molecule has 0 bridgehead atoms. The van der Waals surface area contributed by atoms with Crippen LogP contribution in [0.3, 0.4) is 0 Å². The van der Waals surface area contributed by atoms with Gasteiger partial charge in [0, 0.05) is 11.3 Å². The van der Waals surface area contributed by atoms with Gasteiger partial charge in [0.25, 0.3) is 5.91 Å². The highest BCUT2D eigenvalue weighted by atomic mass is 19.1. The highest BCUT2D eigenvalue weighted by Gasteiger charge is 2.10. The molecule has 3 aromatic rings. The van der Waals surface area contributed by atoms with E-state index >= 15 is 0 Å². The SMILES string of the molecule is Cc1ccc(F)cc1NC(=O)COc1ccccc1-c1ccccc1. The Morgan fingerprint density at radius 3 is 2.52 bits per heavy atom. The normalized spacial score (nSPS) is 10.3. The van der Waals surface area contributed by atoms with Crippen molar-refractivity contribution in [2.24, 2.45) is 0 Å². The first-order chi connectivity index (χ1) is 12.1. The number of ether oxygens (including phenoxy) is 1. The Hall–Kier alpha value is -3.14. The Labute approximate surface area is 146 Å². The summed E-state index contributed by atoms with van der Waals surface area (Å²) in [5.41, 5.74) is 3.17. The molecule has 0 radical (unpaired) electrons. The van der Waals surface area contributed by atoms with E-state index in [1.54, 1.807) is 13.0 Å². The number of hydrogen-bond donors (Lipinski definition) is 1. The summed E-state index contributed by atoms with van der Waals surface area (Å²) < 4.78 is 19.0. The van der Waals surface area contributed by atoms with Crippen LogP contribution < -0.4 is 10.1 Å². The van der Waals surface area contributed by atoms with Crippen LogP contribution in [0, 0.1) is 12.7 Å². The predicted octanol–water partition coefficient (Wildman–Crippen LogP) is 4.82. The maximum atomic E-state index is 13.3. The molecule has 3 rings (SSSR count). The van der Waals surface area contributed by atoms with Gasteiger partial charge in [0.15, 0.2) is 6.61 Å². The Morgan fingerprint density at radius 2 is 1.72 bits per heavy atom. The second-order valence-electron chi connectivity index (χ2n) is 5.66. The summed E-state index contributed by atoms with van der Waals surface area (Å²) in [7, 11) is 0. The molecule has 0 aliphatic rings. The molecule has 0 unspecified atom stereocenters. The number of amides is 1. The first kappa shape index (κ1) is 16.7. The van der Waals surface area contributed by atoms with Gasteiger partial charge in [-0.2, -0.15) is 0 Å². The lowest BCUT2D eigenvalue weighted by molar-refractivity contribution is -0.118. The van der Waals surface area contributed by atoms with Crippen molar-refractivity contribution in [3.05, 3.63) is 84.2 Å². The maximum Gasteiger partial charge on any atom is 0.262 e. The average molecular weight is 335 g/mol. The number of benzene rings is 3. The van der Waals surface area contributed by atoms with Gasteiger partial charge in [0.2, 0.25) is 0 Å². The van der Waals surface area contributed by atoms with Crippen LogP contribution in [0.2, 0.25) is 0 Å². The number of rotatable bonds is 5. The van der Waals surface area contributed by atoms with Crippen LogP contribution in [-0.2, 0) is 4.79 Å². The van der Waals surface area contributed by atoms with Crippen molar-refractivity contribution in [2.75, 3.05) is 11.9 Å². The van der Waals surface area contributed by atoms with E-state index < -0.39 is 5.82 Å². The minimum absolute atomic E-state index is 0.153. The summed E-state index contributed by atoms with van der Waals surface area (Å²) in [6, 6.07) is 21.6. The molecule has 0 aromatic heterocycles. The molecule has 0 spiro atoms. The number of halogens is 1. The zero-order chi connectivity index (χ0) is 17.6. The molecule has 0 fully saturated rings. The van der Waals surface area contributed by atoms with Gasteiger partial charge in [-0.1, -0.05) is 54.6 Å². The lowest BCUT2D eigenvalue weighted by Crippen LogP contribution is -2.21. The van der Waals surface area contributed by atoms with E-state index in [9.17, 15) is 9.18 Å². The van der Waals surface area contributed by atoms with E-state index in [2.05, 4.69) is 5.32 Å². The van der Waals surface area contributed by atoms with Crippen molar-refractivity contribution in [1.29, 1.82) is 0 Å². The standard InChI is InChI=1S/C21H18FNO2/c1-15-11-12-17(22)13-19(15)23-21(24)14-25-20-10-6-5-9-18(20)16-7-3-2-4-8-16/h2-13H,14H2,1H3,(H,23,24). The summed E-state index contributed by atoms with van der Waals surface area (Å²) in [6.07, 6.45) is 0. The quantitative estimate of drug-likeness (QED) is 0.726. The van der Waals surface area contributed by atoms with Gasteiger partial charge in [-0.3, -0.25) is 4.79 Å². The first-order valence-electron chi connectivity index (χ1n) is 7.97. The van der Waals surface area contributed by atoms with Crippen molar-refractivity contribution < 1.29 is 13.9 Å². The maximum absolute atomic E-state index is 13.3. The number of carbonyl (C=O) groups excluding carboxylic acids is 1. The fourth-order valence-electron chi connectivity index (χ4n) is 2.51. The van der Waals surface area contributed by atoms with Gasteiger partial charge in [-0.25, -0.2) is 4.39 Å². The third kappa shape index (κ3) is 4.23. The average Bonchev–Trinajstić information content (AvgIpc) is 2.64. The molecular formula is C21H18FNO2. The number of para-hydroxylation sites is 1. The van der Waals surface area contributed by atoms with Crippen molar-refractivity contribution in [3.63, 3.8) is 0 Å². The van der Waals surface area contributed by atoms with Gasteiger partial charge in [-0.15, -0.1) is 0 Å². The highest BCUT2D eigenvalue weighted by Crippen LogP contribution is 2.29. The third-order valence-electron chi connectivity index (χ3n) is 3.80. The molecule has 0 atom stereocenters. The second kappa shape index (κ2) is 7.62. The largest absolute Gasteiger partial charge is 0.483 e. The van der Waals surface area contributed by atoms with Gasteiger partial charge >= 0.3 is 0 Å². The van der Waals surface area contributed by atoms with E-state index in [-0.39, 0.29) is 12.5 Å². The number of nitrogens with one attached hydrogen (secondary N) is 1. The smallest absolute Gasteiger partial charge is 0.262 e. The fraction of sp³-hybridized carbons (Fsp3) is 0.0952. The molecule has 3 nitrogen and oxygen atoms in total. The molecule has 1 amide bonds. The Kier molecular flexibility index (Phi) is 5.09. The molecule has 0 saturated heterocycles. The molecule has 126 valence electrons. The summed E-state index contributed by atoms with van der Waals surface area (Å²) in [5, 5.41) is 2.68. The zero-order valence-corrected chi connectivity index (χ0v) is 13.8. The van der Waals surface area contributed by atoms with Crippen LogP contribution in [0.25, 0.3) is 11.1 Å². The molecule has 0 aliphatic heterocycles. The van der Waals surface area contributed by atoms with Crippen molar-refractivity contribution in [1.82, 2.24) is 0 Å². The monoisotopic (exact) mass is 335 g/mol. The second-order valence-corrected chi connectivity index (χ2v) is 5.66. The van der Waals surface area contributed by atoms with Gasteiger partial charge in [0.1, 0.15) is 11.6 Å². The van der Waals surface area contributed by atoms with Gasteiger partial charge in [0.05, 0.1) is 0 Å².